The highest BCUT2D eigenvalue weighted by atomic mass is 16.5. The quantitative estimate of drug-likeness (QED) is 0.270. The molecule has 1 N–H and O–H groups in total. The Morgan fingerprint density at radius 3 is 2.51 bits per heavy atom. The summed E-state index contributed by atoms with van der Waals surface area (Å²) in [4.78, 5) is 11.4. The lowest BCUT2D eigenvalue weighted by Gasteiger charge is -2.15. The third-order valence-corrected chi connectivity index (χ3v) is 6.02. The molecular formula is C30H31NO4. The number of aryl methyl sites for hydroxylation is 1. The van der Waals surface area contributed by atoms with Crippen molar-refractivity contribution in [1.29, 1.82) is 0 Å². The van der Waals surface area contributed by atoms with Crippen molar-refractivity contribution in [3.63, 3.8) is 0 Å². The lowest BCUT2D eigenvalue weighted by Crippen LogP contribution is -2.08. The van der Waals surface area contributed by atoms with E-state index in [1.807, 2.05) is 24.3 Å². The summed E-state index contributed by atoms with van der Waals surface area (Å²) in [5.41, 5.74) is 7.50. The molecule has 180 valence electrons. The van der Waals surface area contributed by atoms with Crippen LogP contribution in [0.1, 0.15) is 54.1 Å². The summed E-state index contributed by atoms with van der Waals surface area (Å²) < 4.78 is 11.1. The zero-order chi connectivity index (χ0) is 24.8. The van der Waals surface area contributed by atoms with E-state index >= 15 is 0 Å². The maximum atomic E-state index is 11.4. The van der Waals surface area contributed by atoms with Crippen LogP contribution in [-0.2, 0) is 17.8 Å². The number of aliphatic carboxylic acids is 1. The average Bonchev–Trinajstić information content (AvgIpc) is 3.36. The molecule has 0 saturated carbocycles. The molecular weight excluding hydrogens is 438 g/mol. The molecule has 1 aromatic heterocycles. The predicted octanol–water partition coefficient (Wildman–Crippen LogP) is 7.03. The molecule has 1 atom stereocenters. The van der Waals surface area contributed by atoms with Crippen molar-refractivity contribution in [1.82, 2.24) is 5.16 Å². The van der Waals surface area contributed by atoms with Crippen LogP contribution < -0.4 is 4.74 Å². The summed E-state index contributed by atoms with van der Waals surface area (Å²) in [6, 6.07) is 24.4. The standard InChI is InChI=1S/C30H31NO4/c1-20(2)15-22-5-4-6-24(17-22)27-16-21(3)7-8-25(27)19-34-26-11-9-23(10-12-26)28(18-30(32)33)29-13-14-35-31-29/h4-14,16-17,20,28H,15,18-19H2,1-3H3,(H,32,33)/t28-/m0/s1. The van der Waals surface area contributed by atoms with E-state index in [1.165, 1.54) is 28.5 Å². The number of rotatable bonds is 10. The second-order valence-corrected chi connectivity index (χ2v) is 9.39. The third kappa shape index (κ3) is 6.38. The summed E-state index contributed by atoms with van der Waals surface area (Å²) in [6.45, 7) is 7.01. The van der Waals surface area contributed by atoms with Gasteiger partial charge >= 0.3 is 5.97 Å². The number of hydrogen-bond donors (Lipinski definition) is 1. The molecule has 0 aliphatic rings. The monoisotopic (exact) mass is 469 g/mol. The number of carboxylic acid groups (broad SMARTS) is 1. The smallest absolute Gasteiger partial charge is 0.304 e. The van der Waals surface area contributed by atoms with Crippen molar-refractivity contribution >= 4 is 5.97 Å². The van der Waals surface area contributed by atoms with Crippen molar-refractivity contribution in [3.8, 4) is 16.9 Å². The van der Waals surface area contributed by atoms with E-state index in [0.29, 0.717) is 18.2 Å². The van der Waals surface area contributed by atoms with Gasteiger partial charge in [0.25, 0.3) is 0 Å². The van der Waals surface area contributed by atoms with Crippen molar-refractivity contribution in [3.05, 3.63) is 107 Å². The first kappa shape index (κ1) is 24.3. The SMILES string of the molecule is Cc1ccc(COc2ccc([C@H](CC(=O)O)c3ccon3)cc2)c(-c2cccc(CC(C)C)c2)c1. The van der Waals surface area contributed by atoms with Crippen molar-refractivity contribution in [2.45, 2.75) is 46.1 Å². The van der Waals surface area contributed by atoms with Gasteiger partial charge in [0.15, 0.2) is 0 Å². The summed E-state index contributed by atoms with van der Waals surface area (Å²) in [6.07, 6.45) is 2.45. The Hall–Kier alpha value is -3.86. The van der Waals surface area contributed by atoms with E-state index < -0.39 is 5.97 Å². The second-order valence-electron chi connectivity index (χ2n) is 9.39. The highest BCUT2D eigenvalue weighted by Crippen LogP contribution is 2.30. The summed E-state index contributed by atoms with van der Waals surface area (Å²) in [5, 5.41) is 13.3. The minimum absolute atomic E-state index is 0.0602. The minimum atomic E-state index is -0.886. The fourth-order valence-electron chi connectivity index (χ4n) is 4.35. The second kappa shape index (κ2) is 11.0. The van der Waals surface area contributed by atoms with Crippen LogP contribution in [0.5, 0.6) is 5.75 Å². The maximum Gasteiger partial charge on any atom is 0.304 e. The molecule has 0 amide bonds. The van der Waals surface area contributed by atoms with Gasteiger partial charge in [-0.1, -0.05) is 79.2 Å². The normalized spacial score (nSPS) is 12.0. The highest BCUT2D eigenvalue weighted by molar-refractivity contribution is 5.69. The molecule has 0 saturated heterocycles. The van der Waals surface area contributed by atoms with Crippen LogP contribution in [0.25, 0.3) is 11.1 Å². The van der Waals surface area contributed by atoms with E-state index in [9.17, 15) is 9.90 Å². The molecule has 5 heteroatoms. The molecule has 0 spiro atoms. The van der Waals surface area contributed by atoms with Crippen molar-refractivity contribution in [2.75, 3.05) is 0 Å². The third-order valence-electron chi connectivity index (χ3n) is 6.02. The largest absolute Gasteiger partial charge is 0.489 e. The van der Waals surface area contributed by atoms with Crippen molar-refractivity contribution in [2.24, 2.45) is 5.92 Å². The van der Waals surface area contributed by atoms with Gasteiger partial charge < -0.3 is 14.4 Å². The Kier molecular flexibility index (Phi) is 7.66. The minimum Gasteiger partial charge on any atom is -0.489 e. The number of carboxylic acids is 1. The molecule has 3 aromatic carbocycles. The van der Waals surface area contributed by atoms with Gasteiger partial charge in [-0.15, -0.1) is 0 Å². The number of benzene rings is 3. The molecule has 0 bridgehead atoms. The Bertz CT molecular complexity index is 1260. The van der Waals surface area contributed by atoms with Crippen LogP contribution in [0.4, 0.5) is 0 Å². The number of carbonyl (C=O) groups is 1. The Morgan fingerprint density at radius 2 is 1.83 bits per heavy atom. The van der Waals surface area contributed by atoms with Gasteiger partial charge in [0.1, 0.15) is 18.6 Å². The highest BCUT2D eigenvalue weighted by Gasteiger charge is 2.20. The summed E-state index contributed by atoms with van der Waals surface area (Å²) in [5.74, 6) is 0.0702. The Balaban J connectivity index is 1.52. The van der Waals surface area contributed by atoms with Gasteiger partial charge in [-0.25, -0.2) is 0 Å². The number of ether oxygens (including phenoxy) is 1. The van der Waals surface area contributed by atoms with Crippen LogP contribution in [0.2, 0.25) is 0 Å². The molecule has 35 heavy (non-hydrogen) atoms. The number of aromatic nitrogens is 1. The van der Waals surface area contributed by atoms with Crippen LogP contribution in [0.15, 0.2) is 83.6 Å². The molecule has 0 fully saturated rings. The maximum absolute atomic E-state index is 11.4. The zero-order valence-corrected chi connectivity index (χ0v) is 20.4. The van der Waals surface area contributed by atoms with Gasteiger partial charge in [0.2, 0.25) is 0 Å². The van der Waals surface area contributed by atoms with E-state index in [2.05, 4.69) is 68.4 Å². The fraction of sp³-hybridized carbons (Fsp3) is 0.267. The van der Waals surface area contributed by atoms with Crippen LogP contribution in [-0.4, -0.2) is 16.2 Å². The van der Waals surface area contributed by atoms with Crippen LogP contribution in [0.3, 0.4) is 0 Å². The summed E-state index contributed by atoms with van der Waals surface area (Å²) >= 11 is 0. The van der Waals surface area contributed by atoms with Gasteiger partial charge in [-0.3, -0.25) is 4.79 Å². The molecule has 5 nitrogen and oxygen atoms in total. The molecule has 0 aliphatic carbocycles. The van der Waals surface area contributed by atoms with E-state index in [4.69, 9.17) is 9.26 Å². The van der Waals surface area contributed by atoms with Gasteiger partial charge in [0, 0.05) is 12.0 Å². The van der Waals surface area contributed by atoms with Gasteiger partial charge in [0.05, 0.1) is 12.1 Å². The topological polar surface area (TPSA) is 72.6 Å². The van der Waals surface area contributed by atoms with Gasteiger partial charge in [-0.2, -0.15) is 0 Å². The van der Waals surface area contributed by atoms with Gasteiger partial charge in [-0.05, 0) is 59.2 Å². The zero-order valence-electron chi connectivity index (χ0n) is 20.4. The van der Waals surface area contributed by atoms with E-state index in [0.717, 1.165) is 23.3 Å². The van der Waals surface area contributed by atoms with Crippen LogP contribution in [0, 0.1) is 12.8 Å². The summed E-state index contributed by atoms with van der Waals surface area (Å²) in [7, 11) is 0. The Labute approximate surface area is 206 Å². The molecule has 0 aliphatic heterocycles. The molecule has 1 heterocycles. The predicted molar refractivity (Wildman–Crippen MR) is 137 cm³/mol. The van der Waals surface area contributed by atoms with Crippen LogP contribution >= 0.6 is 0 Å². The first-order valence-corrected chi connectivity index (χ1v) is 11.9. The Morgan fingerprint density at radius 1 is 1.03 bits per heavy atom. The van der Waals surface area contributed by atoms with Crippen molar-refractivity contribution < 1.29 is 19.2 Å². The number of nitrogens with zero attached hydrogens (tertiary/aromatic N) is 1. The molecule has 4 rings (SSSR count). The molecule has 4 aromatic rings. The van der Waals surface area contributed by atoms with E-state index in [1.54, 1.807) is 6.07 Å². The molecule has 0 radical (unpaired) electrons. The lowest BCUT2D eigenvalue weighted by molar-refractivity contribution is -0.137. The fourth-order valence-corrected chi connectivity index (χ4v) is 4.35. The number of hydrogen-bond acceptors (Lipinski definition) is 4. The first-order valence-electron chi connectivity index (χ1n) is 11.9. The van der Waals surface area contributed by atoms with E-state index in [-0.39, 0.29) is 12.3 Å². The first-order chi connectivity index (χ1) is 16.9. The lowest BCUT2D eigenvalue weighted by atomic mass is 9.92. The average molecular weight is 470 g/mol. The molecule has 0 unspecified atom stereocenters.